The lowest BCUT2D eigenvalue weighted by atomic mass is 10.1. The molecule has 8 aromatic heterocycles. The summed E-state index contributed by atoms with van der Waals surface area (Å²) in [5, 5.41) is 12.7. The summed E-state index contributed by atoms with van der Waals surface area (Å²) in [4.78, 5) is 51.3. The largest absolute Gasteiger partial charge is 0.369 e. The molecule has 16 heteroatoms. The van der Waals surface area contributed by atoms with Gasteiger partial charge < -0.3 is 15.1 Å². The smallest absolute Gasteiger partial charge is 0.258 e. The van der Waals surface area contributed by atoms with E-state index in [-0.39, 0.29) is 11.1 Å². The molecule has 0 bridgehead atoms. The first-order chi connectivity index (χ1) is 29.1. The van der Waals surface area contributed by atoms with Crippen molar-refractivity contribution in [1.82, 2.24) is 58.2 Å². The zero-order valence-corrected chi connectivity index (χ0v) is 34.3. The quantitative estimate of drug-likeness (QED) is 0.265. The number of imidazole rings is 2. The Balaban J connectivity index is 0.000000145. The van der Waals surface area contributed by atoms with Crippen LogP contribution in [-0.4, -0.2) is 110 Å². The first-order valence-corrected chi connectivity index (χ1v) is 20.8. The molecule has 0 amide bonds. The Labute approximate surface area is 345 Å². The monoisotopic (exact) mass is 804 g/mol. The van der Waals surface area contributed by atoms with Crippen LogP contribution in [0, 0.1) is 13.8 Å². The molecule has 0 saturated carbocycles. The molecule has 0 radical (unpaired) electrons. The molecule has 16 nitrogen and oxygen atoms in total. The molecule has 0 aromatic carbocycles. The Kier molecular flexibility index (Phi) is 9.59. The number of nitrogens with zero attached hydrogens (tertiary/aromatic N) is 13. The minimum Gasteiger partial charge on any atom is -0.369 e. The van der Waals surface area contributed by atoms with Gasteiger partial charge in [0.1, 0.15) is 22.7 Å². The number of hydrogen-bond donors (Lipinski definition) is 1. The van der Waals surface area contributed by atoms with Gasteiger partial charge in [-0.2, -0.15) is 10.2 Å². The average molecular weight is 805 g/mol. The van der Waals surface area contributed by atoms with Crippen molar-refractivity contribution in [2.75, 3.05) is 49.1 Å². The van der Waals surface area contributed by atoms with Gasteiger partial charge >= 0.3 is 0 Å². The molecule has 3 fully saturated rings. The van der Waals surface area contributed by atoms with Crippen LogP contribution in [0.3, 0.4) is 0 Å². The van der Waals surface area contributed by atoms with Crippen molar-refractivity contribution in [2.24, 2.45) is 0 Å². The number of hydrogen-bond acceptors (Lipinski definition) is 12. The van der Waals surface area contributed by atoms with Gasteiger partial charge in [0.05, 0.1) is 46.5 Å². The van der Waals surface area contributed by atoms with Crippen LogP contribution in [0.25, 0.3) is 45.4 Å². The number of nitrogens with one attached hydrogen (secondary N) is 1. The predicted molar refractivity (Wildman–Crippen MR) is 232 cm³/mol. The molecule has 0 aliphatic carbocycles. The topological polar surface area (TPSA) is 151 Å². The molecule has 1 N–H and O–H groups in total. The first kappa shape index (κ1) is 37.7. The highest BCUT2D eigenvalue weighted by Crippen LogP contribution is 2.26. The number of aromatic nitrogens is 10. The minimum atomic E-state index is -0.119. The Morgan fingerprint density at radius 1 is 0.550 bits per heavy atom. The Bertz CT molecular complexity index is 3010. The van der Waals surface area contributed by atoms with E-state index in [0.717, 1.165) is 60.2 Å². The number of pyridine rings is 2. The highest BCUT2D eigenvalue weighted by atomic mass is 16.1. The van der Waals surface area contributed by atoms with Crippen molar-refractivity contribution in [3.8, 4) is 22.8 Å². The summed E-state index contributed by atoms with van der Waals surface area (Å²) < 4.78 is 6.68. The second kappa shape index (κ2) is 15.3. The van der Waals surface area contributed by atoms with Crippen LogP contribution >= 0.6 is 0 Å². The maximum atomic E-state index is 12.9. The standard InChI is InChI=1S/C23H25N7O.C21H23N7O/c1-16-13-30-22(24-16)7-5-19(26-30)20-12-23(31)29-15-17(4-6-21(29)25-20)28-11-8-18(14-28)27-9-2-3-10-27;1-13-9-26(10-14(2)22-13)16-4-6-19-24-18(8-21(29)27(19)12-16)17-5-7-20-23-15(3)11-28(20)25-17/h4-7,12-13,15,18H,2-3,8-11,14H2,1H3;4-8,11-14,22H,9-10H2,1-3H3/t18-;13-,14-/m00/s1. The third kappa shape index (κ3) is 7.36. The van der Waals surface area contributed by atoms with Crippen molar-refractivity contribution in [1.29, 1.82) is 0 Å². The number of likely N-dealkylation sites (tertiary alicyclic amines) is 1. The van der Waals surface area contributed by atoms with Crippen LogP contribution in [0.2, 0.25) is 0 Å². The van der Waals surface area contributed by atoms with Crippen LogP contribution in [0.1, 0.15) is 44.5 Å². The molecule has 11 heterocycles. The third-order valence-electron chi connectivity index (χ3n) is 11.8. The van der Waals surface area contributed by atoms with E-state index in [9.17, 15) is 9.59 Å². The lowest BCUT2D eigenvalue weighted by Gasteiger charge is -2.37. The number of anilines is 2. The maximum Gasteiger partial charge on any atom is 0.258 e. The van der Waals surface area contributed by atoms with Crippen LogP contribution in [-0.2, 0) is 0 Å². The van der Waals surface area contributed by atoms with Gasteiger partial charge in [-0.05, 0) is 109 Å². The van der Waals surface area contributed by atoms with Gasteiger partial charge in [0.2, 0.25) is 0 Å². The third-order valence-corrected chi connectivity index (χ3v) is 11.8. The molecule has 306 valence electrons. The molecule has 60 heavy (non-hydrogen) atoms. The van der Waals surface area contributed by atoms with Gasteiger partial charge in [0.25, 0.3) is 11.1 Å². The number of rotatable bonds is 5. The first-order valence-electron chi connectivity index (χ1n) is 20.8. The van der Waals surface area contributed by atoms with Gasteiger partial charge in [-0.3, -0.25) is 23.3 Å². The van der Waals surface area contributed by atoms with Gasteiger partial charge in [-0.25, -0.2) is 29.0 Å². The van der Waals surface area contributed by atoms with Gasteiger partial charge in [-0.1, -0.05) is 0 Å². The normalized spacial score (nSPS) is 19.8. The van der Waals surface area contributed by atoms with Crippen molar-refractivity contribution in [2.45, 2.75) is 65.1 Å². The van der Waals surface area contributed by atoms with E-state index in [0.29, 0.717) is 52.2 Å². The molecule has 3 aliphatic rings. The van der Waals surface area contributed by atoms with Crippen LogP contribution in [0.4, 0.5) is 11.4 Å². The fourth-order valence-corrected chi connectivity index (χ4v) is 9.01. The molecule has 3 saturated heterocycles. The number of aryl methyl sites for hydroxylation is 2. The van der Waals surface area contributed by atoms with E-state index >= 15 is 0 Å². The Morgan fingerprint density at radius 2 is 1.05 bits per heavy atom. The van der Waals surface area contributed by atoms with E-state index in [1.165, 1.54) is 38.4 Å². The summed E-state index contributed by atoms with van der Waals surface area (Å²) in [6, 6.07) is 20.0. The summed E-state index contributed by atoms with van der Waals surface area (Å²) in [5.74, 6) is 0. The van der Waals surface area contributed by atoms with Crippen LogP contribution in [0.15, 0.2) is 95.0 Å². The molecule has 11 rings (SSSR count). The molecular weight excluding hydrogens is 757 g/mol. The SMILES string of the molecule is Cc1cn2nc(-c3cc(=O)n4cc(N5CC[C@H](N6CCCC6)C5)ccc4n3)ccc2n1.Cc1cn2nc(-c3cc(=O)n4cc(N5C[C@H](C)N[C@@H](C)C5)ccc4n3)ccc2n1. The highest BCUT2D eigenvalue weighted by molar-refractivity contribution is 5.62. The summed E-state index contributed by atoms with van der Waals surface area (Å²) in [5.41, 5.74) is 8.90. The predicted octanol–water partition coefficient (Wildman–Crippen LogP) is 4.29. The molecule has 8 aromatic rings. The van der Waals surface area contributed by atoms with E-state index in [2.05, 4.69) is 65.1 Å². The fraction of sp³-hybridized carbons (Fsp3) is 0.364. The zero-order valence-electron chi connectivity index (χ0n) is 34.3. The number of fused-ring (bicyclic) bond motifs is 4. The van der Waals surface area contributed by atoms with E-state index < -0.39 is 0 Å². The fourth-order valence-electron chi connectivity index (χ4n) is 9.01. The lowest BCUT2D eigenvalue weighted by molar-refractivity contribution is 0.260. The van der Waals surface area contributed by atoms with Crippen molar-refractivity contribution >= 4 is 34.0 Å². The van der Waals surface area contributed by atoms with Gasteiger partial charge in [0, 0.05) is 68.8 Å². The summed E-state index contributed by atoms with van der Waals surface area (Å²) in [6.45, 7) is 14.5. The highest BCUT2D eigenvalue weighted by Gasteiger charge is 2.29. The average Bonchev–Trinajstić information content (AvgIpc) is 4.07. The molecular formula is C44H48N14O2. The van der Waals surface area contributed by atoms with E-state index in [4.69, 9.17) is 4.98 Å². The molecule has 0 unspecified atom stereocenters. The van der Waals surface area contributed by atoms with Crippen molar-refractivity contribution in [3.63, 3.8) is 0 Å². The molecule has 0 spiro atoms. The second-order valence-corrected chi connectivity index (χ2v) is 16.5. The van der Waals surface area contributed by atoms with E-state index in [1.807, 2.05) is 81.1 Å². The van der Waals surface area contributed by atoms with E-state index in [1.54, 1.807) is 23.9 Å². The summed E-state index contributed by atoms with van der Waals surface area (Å²) >= 11 is 0. The Morgan fingerprint density at radius 3 is 1.58 bits per heavy atom. The summed E-state index contributed by atoms with van der Waals surface area (Å²) in [6.07, 6.45) is 11.4. The minimum absolute atomic E-state index is 0.0964. The van der Waals surface area contributed by atoms with Crippen LogP contribution in [0.5, 0.6) is 0 Å². The molecule has 3 atom stereocenters. The number of piperazine rings is 1. The van der Waals surface area contributed by atoms with Crippen molar-refractivity contribution in [3.05, 3.63) is 118 Å². The zero-order chi connectivity index (χ0) is 41.1. The van der Waals surface area contributed by atoms with Crippen LogP contribution < -0.4 is 26.2 Å². The molecule has 3 aliphatic heterocycles. The van der Waals surface area contributed by atoms with Crippen molar-refractivity contribution < 1.29 is 0 Å². The van der Waals surface area contributed by atoms with Gasteiger partial charge in [0.15, 0.2) is 11.3 Å². The summed E-state index contributed by atoms with van der Waals surface area (Å²) in [7, 11) is 0. The second-order valence-electron chi connectivity index (χ2n) is 16.5. The maximum absolute atomic E-state index is 12.9. The van der Waals surface area contributed by atoms with Gasteiger partial charge in [-0.15, -0.1) is 0 Å². The Hall–Kier alpha value is -6.52. The lowest BCUT2D eigenvalue weighted by Crippen LogP contribution is -2.54.